The van der Waals surface area contributed by atoms with Crippen LogP contribution in [0.25, 0.3) is 11.2 Å². The summed E-state index contributed by atoms with van der Waals surface area (Å²) in [4.78, 5) is 31.8. The van der Waals surface area contributed by atoms with Crippen molar-refractivity contribution in [3.8, 4) is 0 Å². The van der Waals surface area contributed by atoms with Crippen molar-refractivity contribution in [2.24, 2.45) is 5.92 Å². The van der Waals surface area contributed by atoms with Crippen LogP contribution in [0, 0.1) is 5.92 Å². The fourth-order valence-electron chi connectivity index (χ4n) is 3.57. The number of alkyl halides is 1. The second kappa shape index (κ2) is 6.43. The van der Waals surface area contributed by atoms with E-state index in [9.17, 15) is 24.2 Å². The van der Waals surface area contributed by atoms with Gasteiger partial charge in [0.2, 0.25) is 5.95 Å². The SMILES string of the molecule is CC[C@H](O)[C@H]1O[C@@H](n2c(=O)n(CC3CC3)c3c(=O)[nH]c(N)nc32)[C@H](O)[C@H]1F. The molecule has 148 valence electrons. The number of nitrogens with zero attached hydrogens (tertiary/aromatic N) is 3. The van der Waals surface area contributed by atoms with E-state index in [0.29, 0.717) is 6.54 Å². The van der Waals surface area contributed by atoms with Crippen molar-refractivity contribution < 1.29 is 19.3 Å². The number of aromatic nitrogens is 4. The zero-order valence-corrected chi connectivity index (χ0v) is 14.7. The topological polar surface area (TPSA) is 148 Å². The second-order valence-corrected chi connectivity index (χ2v) is 7.23. The van der Waals surface area contributed by atoms with Crippen molar-refractivity contribution in [2.45, 2.75) is 63.4 Å². The number of anilines is 1. The summed E-state index contributed by atoms with van der Waals surface area (Å²) >= 11 is 0. The van der Waals surface area contributed by atoms with Crippen LogP contribution in [0.15, 0.2) is 9.59 Å². The molecule has 0 aromatic carbocycles. The van der Waals surface area contributed by atoms with Crippen molar-refractivity contribution in [3.63, 3.8) is 0 Å². The molecular formula is C16H22FN5O5. The molecule has 2 aliphatic rings. The molecule has 11 heteroatoms. The Kier molecular flexibility index (Phi) is 4.32. The molecule has 4 rings (SSSR count). The lowest BCUT2D eigenvalue weighted by atomic mass is 10.1. The molecule has 0 bridgehead atoms. The maximum absolute atomic E-state index is 14.5. The molecule has 3 heterocycles. The summed E-state index contributed by atoms with van der Waals surface area (Å²) in [5.41, 5.74) is 4.31. The number of nitrogen functional groups attached to an aromatic ring is 1. The summed E-state index contributed by atoms with van der Waals surface area (Å²) < 4.78 is 22.2. The number of nitrogens with two attached hydrogens (primary N) is 1. The van der Waals surface area contributed by atoms with E-state index in [4.69, 9.17) is 10.5 Å². The van der Waals surface area contributed by atoms with Crippen LogP contribution in [0.5, 0.6) is 0 Å². The number of aliphatic hydroxyl groups is 2. The highest BCUT2D eigenvalue weighted by Gasteiger charge is 2.49. The van der Waals surface area contributed by atoms with Crippen molar-refractivity contribution in [2.75, 3.05) is 5.73 Å². The smallest absolute Gasteiger partial charge is 0.332 e. The Morgan fingerprint density at radius 1 is 1.44 bits per heavy atom. The molecule has 2 aromatic heterocycles. The molecule has 5 atom stereocenters. The highest BCUT2D eigenvalue weighted by atomic mass is 19.1. The van der Waals surface area contributed by atoms with Crippen molar-refractivity contribution in [1.29, 1.82) is 0 Å². The number of nitrogens with one attached hydrogen (secondary N) is 1. The van der Waals surface area contributed by atoms with Gasteiger partial charge in [-0.3, -0.25) is 14.3 Å². The molecule has 2 fully saturated rings. The molecule has 0 radical (unpaired) electrons. The standard InChI is InChI=1S/C16H22FN5O5/c1-2-7(23)11-8(17)10(24)14(27-11)22-12-9(13(25)20-15(18)19-12)21(16(22)26)5-6-3-4-6/h6-8,10-11,14,23-24H,2-5H2,1H3,(H3,18,19,20,25)/t7-,8+,10+,11+,14+/m0/s1. The van der Waals surface area contributed by atoms with E-state index in [1.54, 1.807) is 6.92 Å². The van der Waals surface area contributed by atoms with Crippen LogP contribution in [0.3, 0.4) is 0 Å². The first-order valence-corrected chi connectivity index (χ1v) is 8.99. The van der Waals surface area contributed by atoms with Crippen molar-refractivity contribution in [1.82, 2.24) is 19.1 Å². The average molecular weight is 383 g/mol. The van der Waals surface area contributed by atoms with E-state index >= 15 is 0 Å². The van der Waals surface area contributed by atoms with Gasteiger partial charge in [-0.05, 0) is 25.2 Å². The van der Waals surface area contributed by atoms with Gasteiger partial charge in [0.05, 0.1) is 6.10 Å². The number of rotatable bonds is 5. The lowest BCUT2D eigenvalue weighted by Gasteiger charge is -2.18. The number of ether oxygens (including phenoxy) is 1. The summed E-state index contributed by atoms with van der Waals surface area (Å²) in [6, 6.07) is 0. The van der Waals surface area contributed by atoms with Gasteiger partial charge in [-0.25, -0.2) is 13.8 Å². The minimum atomic E-state index is -1.89. The van der Waals surface area contributed by atoms with Crippen LogP contribution in [-0.2, 0) is 11.3 Å². The van der Waals surface area contributed by atoms with E-state index in [0.717, 1.165) is 17.4 Å². The predicted octanol–water partition coefficient (Wildman–Crippen LogP) is -0.754. The van der Waals surface area contributed by atoms with Gasteiger partial charge >= 0.3 is 5.69 Å². The molecule has 0 amide bonds. The number of halogens is 1. The lowest BCUT2D eigenvalue weighted by molar-refractivity contribution is -0.0799. The largest absolute Gasteiger partial charge is 0.390 e. The van der Waals surface area contributed by atoms with Crippen LogP contribution < -0.4 is 17.0 Å². The van der Waals surface area contributed by atoms with Crippen LogP contribution in [0.4, 0.5) is 10.3 Å². The third-order valence-corrected chi connectivity index (χ3v) is 5.25. The molecule has 2 aromatic rings. The summed E-state index contributed by atoms with van der Waals surface area (Å²) in [5.74, 6) is 0.0657. The lowest BCUT2D eigenvalue weighted by Crippen LogP contribution is -2.36. The van der Waals surface area contributed by atoms with E-state index in [1.807, 2.05) is 0 Å². The number of hydrogen-bond donors (Lipinski definition) is 4. The Labute approximate surface area is 152 Å². The summed E-state index contributed by atoms with van der Waals surface area (Å²) in [6.45, 7) is 1.97. The number of H-pyrrole nitrogens is 1. The molecule has 5 N–H and O–H groups in total. The fraction of sp³-hybridized carbons (Fsp3) is 0.688. The molecule has 10 nitrogen and oxygen atoms in total. The van der Waals surface area contributed by atoms with Gasteiger partial charge in [0, 0.05) is 6.54 Å². The Morgan fingerprint density at radius 2 is 2.15 bits per heavy atom. The first kappa shape index (κ1) is 18.1. The van der Waals surface area contributed by atoms with E-state index in [2.05, 4.69) is 9.97 Å². The van der Waals surface area contributed by atoms with Gasteiger partial charge in [-0.2, -0.15) is 4.98 Å². The predicted molar refractivity (Wildman–Crippen MR) is 92.9 cm³/mol. The maximum Gasteiger partial charge on any atom is 0.332 e. The molecule has 1 saturated heterocycles. The Balaban J connectivity index is 1.88. The van der Waals surface area contributed by atoms with Gasteiger partial charge in [-0.15, -0.1) is 0 Å². The number of hydrogen-bond acceptors (Lipinski definition) is 7. The number of aromatic amines is 1. The van der Waals surface area contributed by atoms with Gasteiger partial charge < -0.3 is 20.7 Å². The molecule has 1 saturated carbocycles. The zero-order valence-electron chi connectivity index (χ0n) is 14.7. The van der Waals surface area contributed by atoms with Crippen LogP contribution in [-0.4, -0.2) is 53.8 Å². The van der Waals surface area contributed by atoms with Crippen LogP contribution in [0.2, 0.25) is 0 Å². The third kappa shape index (κ3) is 2.86. The normalized spacial score (nSPS) is 29.5. The summed E-state index contributed by atoms with van der Waals surface area (Å²) in [6.07, 6.45) is -5.34. The van der Waals surface area contributed by atoms with Crippen molar-refractivity contribution >= 4 is 17.1 Å². The van der Waals surface area contributed by atoms with Gasteiger partial charge in [0.25, 0.3) is 5.56 Å². The molecule has 0 spiro atoms. The quantitative estimate of drug-likeness (QED) is 0.531. The number of fused-ring (bicyclic) bond motifs is 1. The molecule has 1 aliphatic carbocycles. The van der Waals surface area contributed by atoms with E-state index in [1.165, 1.54) is 4.57 Å². The monoisotopic (exact) mass is 383 g/mol. The van der Waals surface area contributed by atoms with E-state index in [-0.39, 0.29) is 29.5 Å². The van der Waals surface area contributed by atoms with Gasteiger partial charge in [-0.1, -0.05) is 6.92 Å². The molecule has 27 heavy (non-hydrogen) atoms. The molecular weight excluding hydrogens is 361 g/mol. The van der Waals surface area contributed by atoms with Crippen LogP contribution in [0.1, 0.15) is 32.4 Å². The van der Waals surface area contributed by atoms with Crippen LogP contribution >= 0.6 is 0 Å². The highest BCUT2D eigenvalue weighted by molar-refractivity contribution is 5.71. The Bertz CT molecular complexity index is 980. The highest BCUT2D eigenvalue weighted by Crippen LogP contribution is 2.35. The maximum atomic E-state index is 14.5. The zero-order chi connectivity index (χ0) is 19.5. The summed E-state index contributed by atoms with van der Waals surface area (Å²) in [5, 5.41) is 20.3. The van der Waals surface area contributed by atoms with Gasteiger partial charge in [0.15, 0.2) is 23.6 Å². The average Bonchev–Trinajstić information content (AvgIpc) is 3.34. The molecule has 0 unspecified atom stereocenters. The van der Waals surface area contributed by atoms with Crippen molar-refractivity contribution in [3.05, 3.63) is 20.8 Å². The third-order valence-electron chi connectivity index (χ3n) is 5.25. The minimum absolute atomic E-state index is 0.00629. The Hall–Kier alpha value is -2.24. The second-order valence-electron chi connectivity index (χ2n) is 7.23. The first-order valence-electron chi connectivity index (χ1n) is 8.99. The molecule has 1 aliphatic heterocycles. The first-order chi connectivity index (χ1) is 12.8. The Morgan fingerprint density at radius 3 is 2.78 bits per heavy atom. The fourth-order valence-corrected chi connectivity index (χ4v) is 3.57. The van der Waals surface area contributed by atoms with Gasteiger partial charge in [0.1, 0.15) is 12.2 Å². The van der Waals surface area contributed by atoms with E-state index < -0.39 is 42.0 Å². The number of imidazole rings is 1. The summed E-state index contributed by atoms with van der Waals surface area (Å²) in [7, 11) is 0. The number of aliphatic hydroxyl groups excluding tert-OH is 2. The minimum Gasteiger partial charge on any atom is -0.390 e.